The number of aryl methyl sites for hydroxylation is 2. The molecule has 2 nitrogen and oxygen atoms in total. The fourth-order valence-corrected chi connectivity index (χ4v) is 2.23. The van der Waals surface area contributed by atoms with Gasteiger partial charge in [0, 0.05) is 13.1 Å². The maximum Gasteiger partial charge on any atom is 0.00767 e. The zero-order valence-corrected chi connectivity index (χ0v) is 11.9. The van der Waals surface area contributed by atoms with E-state index < -0.39 is 0 Å². The summed E-state index contributed by atoms with van der Waals surface area (Å²) in [6.07, 6.45) is 1.13. The Bertz CT molecular complexity index is 343. The molecule has 0 saturated heterocycles. The average Bonchev–Trinajstić information content (AvgIpc) is 2.30. The van der Waals surface area contributed by atoms with Crippen molar-refractivity contribution in [2.45, 2.75) is 34.1 Å². The largest absolute Gasteiger partial charge is 0.318 e. The summed E-state index contributed by atoms with van der Waals surface area (Å²) in [4.78, 5) is 0. The molecule has 0 radical (unpaired) electrons. The van der Waals surface area contributed by atoms with Gasteiger partial charge in [0.2, 0.25) is 0 Å². The van der Waals surface area contributed by atoms with Crippen LogP contribution in [0.1, 0.15) is 27.8 Å². The van der Waals surface area contributed by atoms with Crippen molar-refractivity contribution in [3.8, 4) is 0 Å². The number of rotatable bonds is 6. The Morgan fingerprint density at radius 2 is 1.47 bits per heavy atom. The number of benzene rings is 1. The van der Waals surface area contributed by atoms with E-state index in [4.69, 9.17) is 0 Å². The molecular formula is C15H26N2. The highest BCUT2D eigenvalue weighted by atomic mass is 14.9. The minimum absolute atomic E-state index is 1.03. The molecule has 2 N–H and O–H groups in total. The van der Waals surface area contributed by atoms with Crippen LogP contribution in [-0.4, -0.2) is 26.7 Å². The van der Waals surface area contributed by atoms with Crippen LogP contribution in [0, 0.1) is 27.7 Å². The Morgan fingerprint density at radius 1 is 0.882 bits per heavy atom. The predicted octanol–water partition coefficient (Wildman–Crippen LogP) is 2.27. The van der Waals surface area contributed by atoms with E-state index in [1.165, 1.54) is 27.8 Å². The predicted molar refractivity (Wildman–Crippen MR) is 75.9 cm³/mol. The molecule has 0 amide bonds. The summed E-state index contributed by atoms with van der Waals surface area (Å²) >= 11 is 0. The molecule has 0 aromatic heterocycles. The van der Waals surface area contributed by atoms with Crippen LogP contribution in [0.4, 0.5) is 0 Å². The van der Waals surface area contributed by atoms with Crippen LogP contribution in [0.2, 0.25) is 0 Å². The molecule has 0 aliphatic rings. The van der Waals surface area contributed by atoms with E-state index in [0.29, 0.717) is 0 Å². The molecule has 0 bridgehead atoms. The normalized spacial score (nSPS) is 10.9. The van der Waals surface area contributed by atoms with Gasteiger partial charge in [-0.05, 0) is 75.5 Å². The summed E-state index contributed by atoms with van der Waals surface area (Å²) in [6.45, 7) is 12.0. The van der Waals surface area contributed by atoms with Gasteiger partial charge in [-0.3, -0.25) is 0 Å². The Labute approximate surface area is 106 Å². The molecule has 0 aliphatic carbocycles. The first kappa shape index (κ1) is 14.2. The second kappa shape index (κ2) is 6.77. The zero-order chi connectivity index (χ0) is 12.8. The minimum atomic E-state index is 1.03. The topological polar surface area (TPSA) is 24.1 Å². The first-order chi connectivity index (χ1) is 8.07. The van der Waals surface area contributed by atoms with Gasteiger partial charge >= 0.3 is 0 Å². The number of likely N-dealkylation sites (N-methyl/N-ethyl adjacent to an activating group) is 1. The van der Waals surface area contributed by atoms with Crippen LogP contribution in [0.15, 0.2) is 6.07 Å². The molecule has 0 saturated carbocycles. The molecule has 17 heavy (non-hydrogen) atoms. The van der Waals surface area contributed by atoms with Crippen molar-refractivity contribution in [2.75, 3.05) is 26.7 Å². The standard InChI is InChI=1S/C15H26N2/c1-11-10-12(2)14(4)15(13(11)3)6-7-17-9-8-16-5/h10,16-17H,6-9H2,1-5H3. The second-order valence-corrected chi connectivity index (χ2v) is 4.84. The molecule has 0 heterocycles. The molecular weight excluding hydrogens is 208 g/mol. The molecule has 2 heteroatoms. The van der Waals surface area contributed by atoms with Crippen molar-refractivity contribution < 1.29 is 0 Å². The molecule has 0 fully saturated rings. The van der Waals surface area contributed by atoms with Crippen LogP contribution < -0.4 is 10.6 Å². The second-order valence-electron chi connectivity index (χ2n) is 4.84. The van der Waals surface area contributed by atoms with E-state index >= 15 is 0 Å². The van der Waals surface area contributed by atoms with Crippen molar-refractivity contribution in [3.05, 3.63) is 33.9 Å². The summed E-state index contributed by atoms with van der Waals surface area (Å²) in [6, 6.07) is 2.29. The van der Waals surface area contributed by atoms with Crippen molar-refractivity contribution in [1.29, 1.82) is 0 Å². The van der Waals surface area contributed by atoms with Gasteiger partial charge in [0.05, 0.1) is 0 Å². The van der Waals surface area contributed by atoms with E-state index in [1.807, 2.05) is 7.05 Å². The van der Waals surface area contributed by atoms with Crippen LogP contribution >= 0.6 is 0 Å². The average molecular weight is 234 g/mol. The highest BCUT2D eigenvalue weighted by molar-refractivity contribution is 5.44. The number of hydrogen-bond acceptors (Lipinski definition) is 2. The smallest absolute Gasteiger partial charge is 0.00767 e. The van der Waals surface area contributed by atoms with Crippen molar-refractivity contribution >= 4 is 0 Å². The maximum atomic E-state index is 3.47. The summed E-state index contributed by atoms with van der Waals surface area (Å²) in [5, 5.41) is 6.61. The summed E-state index contributed by atoms with van der Waals surface area (Å²) in [5.41, 5.74) is 7.28. The van der Waals surface area contributed by atoms with Gasteiger partial charge in [0.15, 0.2) is 0 Å². The third-order valence-corrected chi connectivity index (χ3v) is 3.62. The molecule has 0 unspecified atom stereocenters. The lowest BCUT2D eigenvalue weighted by atomic mass is 9.92. The van der Waals surface area contributed by atoms with Gasteiger partial charge in [-0.25, -0.2) is 0 Å². The molecule has 1 aromatic carbocycles. The quantitative estimate of drug-likeness (QED) is 0.738. The summed E-state index contributed by atoms with van der Waals surface area (Å²) < 4.78 is 0. The van der Waals surface area contributed by atoms with E-state index in [0.717, 1.165) is 26.1 Å². The van der Waals surface area contributed by atoms with E-state index in [9.17, 15) is 0 Å². The molecule has 0 aliphatic heterocycles. The van der Waals surface area contributed by atoms with Gasteiger partial charge < -0.3 is 10.6 Å². The van der Waals surface area contributed by atoms with E-state index in [2.05, 4.69) is 44.4 Å². The SMILES string of the molecule is CNCCNCCc1c(C)c(C)cc(C)c1C. The highest BCUT2D eigenvalue weighted by Gasteiger charge is 2.07. The first-order valence-corrected chi connectivity index (χ1v) is 6.49. The van der Waals surface area contributed by atoms with Crippen LogP contribution in [-0.2, 0) is 6.42 Å². The Balaban J connectivity index is 2.64. The molecule has 0 spiro atoms. The highest BCUT2D eigenvalue weighted by Crippen LogP contribution is 2.21. The third-order valence-electron chi connectivity index (χ3n) is 3.62. The van der Waals surface area contributed by atoms with Gasteiger partial charge in [0.25, 0.3) is 0 Å². The molecule has 0 atom stereocenters. The monoisotopic (exact) mass is 234 g/mol. The van der Waals surface area contributed by atoms with Crippen LogP contribution in [0.5, 0.6) is 0 Å². The fourth-order valence-electron chi connectivity index (χ4n) is 2.23. The van der Waals surface area contributed by atoms with Crippen molar-refractivity contribution in [3.63, 3.8) is 0 Å². The van der Waals surface area contributed by atoms with Gasteiger partial charge in [0.1, 0.15) is 0 Å². The van der Waals surface area contributed by atoms with Crippen LogP contribution in [0.3, 0.4) is 0 Å². The van der Waals surface area contributed by atoms with Gasteiger partial charge in [-0.1, -0.05) is 6.07 Å². The Kier molecular flexibility index (Phi) is 5.66. The fraction of sp³-hybridized carbons (Fsp3) is 0.600. The van der Waals surface area contributed by atoms with Crippen molar-refractivity contribution in [1.82, 2.24) is 10.6 Å². The lowest BCUT2D eigenvalue weighted by Gasteiger charge is -2.15. The summed E-state index contributed by atoms with van der Waals surface area (Å²) in [5.74, 6) is 0. The Hall–Kier alpha value is -0.860. The van der Waals surface area contributed by atoms with E-state index in [1.54, 1.807) is 0 Å². The lowest BCUT2D eigenvalue weighted by molar-refractivity contribution is 0.647. The summed E-state index contributed by atoms with van der Waals surface area (Å²) in [7, 11) is 1.99. The van der Waals surface area contributed by atoms with Gasteiger partial charge in [-0.15, -0.1) is 0 Å². The number of hydrogen-bond donors (Lipinski definition) is 2. The lowest BCUT2D eigenvalue weighted by Crippen LogP contribution is -2.26. The molecule has 1 rings (SSSR count). The molecule has 1 aromatic rings. The molecule has 96 valence electrons. The van der Waals surface area contributed by atoms with E-state index in [-0.39, 0.29) is 0 Å². The van der Waals surface area contributed by atoms with Crippen LogP contribution in [0.25, 0.3) is 0 Å². The zero-order valence-electron chi connectivity index (χ0n) is 11.9. The maximum absolute atomic E-state index is 3.47. The van der Waals surface area contributed by atoms with Crippen molar-refractivity contribution in [2.24, 2.45) is 0 Å². The Morgan fingerprint density at radius 3 is 2.00 bits per heavy atom. The third kappa shape index (κ3) is 3.83. The van der Waals surface area contributed by atoms with Gasteiger partial charge in [-0.2, -0.15) is 0 Å². The number of nitrogens with one attached hydrogen (secondary N) is 2. The minimum Gasteiger partial charge on any atom is -0.318 e. The first-order valence-electron chi connectivity index (χ1n) is 6.49.